The average Bonchev–Trinajstić information content (AvgIpc) is 3.35. The highest BCUT2D eigenvalue weighted by atomic mass is 32.1. The van der Waals surface area contributed by atoms with Crippen molar-refractivity contribution in [1.29, 1.82) is 0 Å². The molecule has 1 aromatic carbocycles. The molecule has 0 atom stereocenters. The van der Waals surface area contributed by atoms with Crippen LogP contribution in [0.3, 0.4) is 0 Å². The Morgan fingerprint density at radius 2 is 2.07 bits per heavy atom. The maximum atomic E-state index is 12.1. The highest BCUT2D eigenvalue weighted by molar-refractivity contribution is 7.08. The second-order valence-electron chi connectivity index (χ2n) is 6.79. The molecule has 9 heteroatoms. The van der Waals surface area contributed by atoms with E-state index in [1.54, 1.807) is 16.2 Å². The highest BCUT2D eigenvalue weighted by Gasteiger charge is 2.11. The van der Waals surface area contributed by atoms with Gasteiger partial charge < -0.3 is 20.1 Å². The number of anilines is 1. The van der Waals surface area contributed by atoms with Crippen LogP contribution in [0.15, 0.2) is 45.6 Å². The van der Waals surface area contributed by atoms with E-state index in [1.165, 1.54) is 0 Å². The molecule has 0 saturated carbocycles. The SMILES string of the molecule is CN(C)CC(=O)Nc1cccc(CNC(=O)CCc2nc(-c3ccsc3)no2)c1. The number of hydrogen-bond donors (Lipinski definition) is 2. The largest absolute Gasteiger partial charge is 0.352 e. The number of carbonyl (C=O) groups excluding carboxylic acids is 2. The zero-order chi connectivity index (χ0) is 20.6. The van der Waals surface area contributed by atoms with Gasteiger partial charge in [-0.15, -0.1) is 0 Å². The van der Waals surface area contributed by atoms with Crippen LogP contribution in [0.5, 0.6) is 0 Å². The van der Waals surface area contributed by atoms with Gasteiger partial charge in [0.25, 0.3) is 0 Å². The van der Waals surface area contributed by atoms with E-state index in [9.17, 15) is 9.59 Å². The first kappa shape index (κ1) is 20.7. The molecule has 0 fully saturated rings. The van der Waals surface area contributed by atoms with Crippen LogP contribution in [0.2, 0.25) is 0 Å². The smallest absolute Gasteiger partial charge is 0.238 e. The predicted molar refractivity (Wildman–Crippen MR) is 111 cm³/mol. The molecule has 0 unspecified atom stereocenters. The first-order valence-corrected chi connectivity index (χ1v) is 10.1. The van der Waals surface area contributed by atoms with Gasteiger partial charge in [0.15, 0.2) is 0 Å². The number of aromatic nitrogens is 2. The number of rotatable bonds is 9. The Bertz CT molecular complexity index is 953. The lowest BCUT2D eigenvalue weighted by Gasteiger charge is -2.11. The Balaban J connectivity index is 1.44. The summed E-state index contributed by atoms with van der Waals surface area (Å²) >= 11 is 1.56. The summed E-state index contributed by atoms with van der Waals surface area (Å²) in [5.74, 6) is 0.779. The minimum atomic E-state index is -0.109. The van der Waals surface area contributed by atoms with Gasteiger partial charge in [0, 0.05) is 36.0 Å². The number of nitrogens with zero attached hydrogens (tertiary/aromatic N) is 3. The van der Waals surface area contributed by atoms with Crippen molar-refractivity contribution in [3.8, 4) is 11.4 Å². The molecule has 2 N–H and O–H groups in total. The maximum Gasteiger partial charge on any atom is 0.238 e. The van der Waals surface area contributed by atoms with E-state index in [0.717, 1.165) is 11.1 Å². The van der Waals surface area contributed by atoms with Crippen molar-refractivity contribution in [3.05, 3.63) is 52.5 Å². The number of thiophene rings is 1. The fourth-order valence-corrected chi connectivity index (χ4v) is 3.26. The minimum absolute atomic E-state index is 0.0856. The van der Waals surface area contributed by atoms with Gasteiger partial charge in [-0.05, 0) is 43.2 Å². The van der Waals surface area contributed by atoms with Gasteiger partial charge in [-0.25, -0.2) is 0 Å². The van der Waals surface area contributed by atoms with Crippen molar-refractivity contribution in [3.63, 3.8) is 0 Å². The molecule has 0 saturated heterocycles. The normalized spacial score (nSPS) is 10.9. The van der Waals surface area contributed by atoms with Crippen molar-refractivity contribution in [2.24, 2.45) is 0 Å². The second kappa shape index (κ2) is 9.94. The molecule has 0 radical (unpaired) electrons. The molecule has 0 bridgehead atoms. The molecule has 29 heavy (non-hydrogen) atoms. The van der Waals surface area contributed by atoms with Crippen LogP contribution in [-0.4, -0.2) is 47.5 Å². The molecule has 3 aromatic rings. The Morgan fingerprint density at radius 1 is 1.21 bits per heavy atom. The Labute approximate surface area is 172 Å². The number of amides is 2. The van der Waals surface area contributed by atoms with Crippen molar-refractivity contribution in [2.75, 3.05) is 26.0 Å². The summed E-state index contributed by atoms with van der Waals surface area (Å²) in [6.45, 7) is 0.685. The second-order valence-corrected chi connectivity index (χ2v) is 7.57. The van der Waals surface area contributed by atoms with E-state index in [-0.39, 0.29) is 18.2 Å². The van der Waals surface area contributed by atoms with E-state index < -0.39 is 0 Å². The van der Waals surface area contributed by atoms with Crippen LogP contribution >= 0.6 is 11.3 Å². The fraction of sp³-hybridized carbons (Fsp3) is 0.300. The fourth-order valence-electron chi connectivity index (χ4n) is 2.62. The van der Waals surface area contributed by atoms with E-state index >= 15 is 0 Å². The summed E-state index contributed by atoms with van der Waals surface area (Å²) in [5, 5.41) is 13.5. The molecule has 152 valence electrons. The molecule has 0 aliphatic heterocycles. The third-order valence-corrected chi connectivity index (χ3v) is 4.66. The first-order chi connectivity index (χ1) is 14.0. The van der Waals surface area contributed by atoms with Crippen LogP contribution in [0.4, 0.5) is 5.69 Å². The van der Waals surface area contributed by atoms with Gasteiger partial charge in [0.05, 0.1) is 6.54 Å². The van der Waals surface area contributed by atoms with Gasteiger partial charge >= 0.3 is 0 Å². The van der Waals surface area contributed by atoms with Gasteiger partial charge in [0.2, 0.25) is 23.5 Å². The van der Waals surface area contributed by atoms with Crippen molar-refractivity contribution < 1.29 is 14.1 Å². The summed E-state index contributed by atoms with van der Waals surface area (Å²) in [4.78, 5) is 30.1. The molecule has 0 aliphatic rings. The molecular formula is C20H23N5O3S. The van der Waals surface area contributed by atoms with Crippen LogP contribution < -0.4 is 10.6 Å². The number of benzene rings is 1. The third-order valence-electron chi connectivity index (χ3n) is 3.97. The lowest BCUT2D eigenvalue weighted by atomic mass is 10.2. The molecule has 3 rings (SSSR count). The van der Waals surface area contributed by atoms with Crippen LogP contribution in [-0.2, 0) is 22.6 Å². The zero-order valence-corrected chi connectivity index (χ0v) is 17.2. The lowest BCUT2D eigenvalue weighted by Crippen LogP contribution is -2.27. The van der Waals surface area contributed by atoms with Gasteiger partial charge in [0.1, 0.15) is 0 Å². The summed E-state index contributed by atoms with van der Waals surface area (Å²) in [6.07, 6.45) is 0.633. The van der Waals surface area contributed by atoms with Crippen LogP contribution in [0.1, 0.15) is 17.9 Å². The number of hydrogen-bond acceptors (Lipinski definition) is 7. The van der Waals surface area contributed by atoms with E-state index in [4.69, 9.17) is 4.52 Å². The maximum absolute atomic E-state index is 12.1. The molecule has 2 heterocycles. The topological polar surface area (TPSA) is 100 Å². The molecule has 8 nitrogen and oxygen atoms in total. The Kier molecular flexibility index (Phi) is 7.09. The molecule has 2 aromatic heterocycles. The van der Waals surface area contributed by atoms with Gasteiger partial charge in [-0.3, -0.25) is 9.59 Å². The van der Waals surface area contributed by atoms with Crippen molar-refractivity contribution in [2.45, 2.75) is 19.4 Å². The van der Waals surface area contributed by atoms with E-state index in [2.05, 4.69) is 20.8 Å². The zero-order valence-electron chi connectivity index (χ0n) is 16.3. The van der Waals surface area contributed by atoms with Gasteiger partial charge in [-0.1, -0.05) is 17.3 Å². The monoisotopic (exact) mass is 413 g/mol. The number of aryl methyl sites for hydroxylation is 1. The summed E-state index contributed by atoms with van der Waals surface area (Å²) < 4.78 is 5.20. The Morgan fingerprint density at radius 3 is 2.83 bits per heavy atom. The van der Waals surface area contributed by atoms with Crippen molar-refractivity contribution in [1.82, 2.24) is 20.4 Å². The van der Waals surface area contributed by atoms with Crippen molar-refractivity contribution >= 4 is 28.8 Å². The number of carbonyl (C=O) groups is 2. The molecule has 0 aliphatic carbocycles. The minimum Gasteiger partial charge on any atom is -0.352 e. The average molecular weight is 414 g/mol. The molecule has 2 amide bonds. The van der Waals surface area contributed by atoms with E-state index in [0.29, 0.717) is 36.9 Å². The highest BCUT2D eigenvalue weighted by Crippen LogP contribution is 2.19. The Hall–Kier alpha value is -3.04. The third kappa shape index (κ3) is 6.51. The van der Waals surface area contributed by atoms with Crippen LogP contribution in [0, 0.1) is 0 Å². The quantitative estimate of drug-likeness (QED) is 0.559. The summed E-state index contributed by atoms with van der Waals surface area (Å²) in [7, 11) is 3.67. The van der Waals surface area contributed by atoms with Gasteiger partial charge in [-0.2, -0.15) is 16.3 Å². The number of nitrogens with one attached hydrogen (secondary N) is 2. The first-order valence-electron chi connectivity index (χ1n) is 9.15. The standard InChI is InChI=1S/C20H23N5O3S/c1-25(2)12-18(27)22-16-5-3-4-14(10-16)11-21-17(26)6-7-19-23-20(24-28-19)15-8-9-29-13-15/h3-5,8-10,13H,6-7,11-12H2,1-2H3,(H,21,26)(H,22,27). The molecule has 0 spiro atoms. The van der Waals surface area contributed by atoms with Crippen LogP contribution in [0.25, 0.3) is 11.4 Å². The van der Waals surface area contributed by atoms with E-state index in [1.807, 2.05) is 55.2 Å². The number of likely N-dealkylation sites (N-methyl/N-ethyl adjacent to an activating group) is 1. The summed E-state index contributed by atoms with van der Waals surface area (Å²) in [6, 6.07) is 9.33. The molecular weight excluding hydrogens is 390 g/mol. The lowest BCUT2D eigenvalue weighted by molar-refractivity contribution is -0.121. The predicted octanol–water partition coefficient (Wildman–Crippen LogP) is 2.55. The summed E-state index contributed by atoms with van der Waals surface area (Å²) in [5.41, 5.74) is 2.51.